The quantitative estimate of drug-likeness (QED) is 0.923. The molecule has 0 spiro atoms. The number of nitrogens with zero attached hydrogens (tertiary/aromatic N) is 1. The highest BCUT2D eigenvalue weighted by molar-refractivity contribution is 5.97. The number of benzene rings is 1. The van der Waals surface area contributed by atoms with Crippen molar-refractivity contribution in [2.75, 3.05) is 0 Å². The summed E-state index contributed by atoms with van der Waals surface area (Å²) in [6, 6.07) is 11.0. The molecule has 0 aliphatic carbocycles. The van der Waals surface area contributed by atoms with Gasteiger partial charge in [0.15, 0.2) is 0 Å². The summed E-state index contributed by atoms with van der Waals surface area (Å²) in [6.07, 6.45) is 3.65. The normalized spacial score (nSPS) is 11.1. The molecular weight excluding hydrogens is 288 g/mol. The van der Waals surface area contributed by atoms with Crippen LogP contribution in [0.1, 0.15) is 42.3 Å². The second kappa shape index (κ2) is 7.18. The van der Waals surface area contributed by atoms with Crippen LogP contribution in [0.4, 0.5) is 0 Å². The lowest BCUT2D eigenvalue weighted by Gasteiger charge is -2.17. The zero-order chi connectivity index (χ0) is 16.9. The van der Waals surface area contributed by atoms with Gasteiger partial charge in [0.25, 0.3) is 5.91 Å². The summed E-state index contributed by atoms with van der Waals surface area (Å²) in [7, 11) is 0. The molecule has 4 heteroatoms. The molecule has 0 aliphatic heterocycles. The molecule has 0 bridgehead atoms. The number of hydrogen-bond acceptors (Lipinski definition) is 3. The van der Waals surface area contributed by atoms with E-state index in [4.69, 9.17) is 0 Å². The van der Waals surface area contributed by atoms with E-state index in [0.29, 0.717) is 12.1 Å². The Morgan fingerprint density at radius 1 is 1.04 bits per heavy atom. The lowest BCUT2D eigenvalue weighted by Crippen LogP contribution is -2.26. The highest BCUT2D eigenvalue weighted by atomic mass is 16.1. The second-order valence-corrected chi connectivity index (χ2v) is 6.55. The van der Waals surface area contributed by atoms with E-state index in [1.807, 2.05) is 51.1 Å². The number of carbonyl (C=O) groups excluding carboxylic acids is 2. The molecule has 0 radical (unpaired) electrons. The molecule has 0 fully saturated rings. The maximum absolute atomic E-state index is 12.4. The number of rotatable bonds is 5. The standard InChI is InChI=1S/C19H22N2O2/c1-19(2,3)17(22)12-15-6-4-5-7-16(15)18(23)21-13-14-8-10-20-11-9-14/h4-11H,12-13H2,1-3H3,(H,21,23). The van der Waals surface area contributed by atoms with E-state index in [2.05, 4.69) is 10.3 Å². The van der Waals surface area contributed by atoms with Gasteiger partial charge < -0.3 is 5.32 Å². The maximum atomic E-state index is 12.4. The van der Waals surface area contributed by atoms with Gasteiger partial charge in [-0.15, -0.1) is 0 Å². The lowest BCUT2D eigenvalue weighted by molar-refractivity contribution is -0.125. The van der Waals surface area contributed by atoms with Crippen LogP contribution in [0, 0.1) is 5.41 Å². The van der Waals surface area contributed by atoms with Crippen molar-refractivity contribution < 1.29 is 9.59 Å². The van der Waals surface area contributed by atoms with Crippen molar-refractivity contribution in [1.82, 2.24) is 10.3 Å². The van der Waals surface area contributed by atoms with Crippen molar-refractivity contribution in [2.45, 2.75) is 33.7 Å². The van der Waals surface area contributed by atoms with Gasteiger partial charge in [-0.2, -0.15) is 0 Å². The van der Waals surface area contributed by atoms with Crippen LogP contribution in [0.3, 0.4) is 0 Å². The molecule has 4 nitrogen and oxygen atoms in total. The summed E-state index contributed by atoms with van der Waals surface area (Å²) in [4.78, 5) is 28.6. The van der Waals surface area contributed by atoms with Crippen molar-refractivity contribution in [3.63, 3.8) is 0 Å². The molecule has 0 atom stereocenters. The molecule has 0 saturated heterocycles. The van der Waals surface area contributed by atoms with Crippen molar-refractivity contribution >= 4 is 11.7 Å². The topological polar surface area (TPSA) is 59.1 Å². The van der Waals surface area contributed by atoms with Crippen LogP contribution < -0.4 is 5.32 Å². The van der Waals surface area contributed by atoms with E-state index in [1.165, 1.54) is 0 Å². The number of Topliss-reactive ketones (excluding diaryl/α,β-unsaturated/α-hetero) is 1. The fourth-order valence-corrected chi connectivity index (χ4v) is 2.11. The van der Waals surface area contributed by atoms with E-state index in [-0.39, 0.29) is 18.1 Å². The molecule has 1 aromatic carbocycles. The molecule has 0 unspecified atom stereocenters. The molecule has 23 heavy (non-hydrogen) atoms. The Morgan fingerprint density at radius 3 is 2.35 bits per heavy atom. The first-order valence-corrected chi connectivity index (χ1v) is 7.66. The molecule has 1 N–H and O–H groups in total. The summed E-state index contributed by atoms with van der Waals surface area (Å²) in [5.74, 6) is -0.0500. The molecule has 1 amide bonds. The average molecular weight is 310 g/mol. The third kappa shape index (κ3) is 4.74. The first-order valence-electron chi connectivity index (χ1n) is 7.66. The number of aromatic nitrogens is 1. The molecule has 2 aromatic rings. The Kier molecular flexibility index (Phi) is 5.27. The van der Waals surface area contributed by atoms with Crippen molar-refractivity contribution in [1.29, 1.82) is 0 Å². The molecule has 120 valence electrons. The van der Waals surface area contributed by atoms with E-state index >= 15 is 0 Å². The van der Waals surface area contributed by atoms with Gasteiger partial charge in [0, 0.05) is 36.3 Å². The summed E-state index contributed by atoms with van der Waals surface area (Å²) in [5, 5.41) is 2.89. The zero-order valence-corrected chi connectivity index (χ0v) is 13.8. The summed E-state index contributed by atoms with van der Waals surface area (Å²) < 4.78 is 0. The number of pyridine rings is 1. The fourth-order valence-electron chi connectivity index (χ4n) is 2.11. The zero-order valence-electron chi connectivity index (χ0n) is 13.8. The van der Waals surface area contributed by atoms with Crippen LogP contribution in [0.5, 0.6) is 0 Å². The van der Waals surface area contributed by atoms with Gasteiger partial charge >= 0.3 is 0 Å². The number of ketones is 1. The van der Waals surface area contributed by atoms with Crippen LogP contribution in [-0.2, 0) is 17.8 Å². The molecule has 0 aliphatic rings. The minimum absolute atomic E-state index is 0.117. The largest absolute Gasteiger partial charge is 0.348 e. The minimum atomic E-state index is -0.416. The highest BCUT2D eigenvalue weighted by Crippen LogP contribution is 2.19. The summed E-state index contributed by atoms with van der Waals surface area (Å²) in [6.45, 7) is 6.10. The maximum Gasteiger partial charge on any atom is 0.251 e. The Hall–Kier alpha value is -2.49. The average Bonchev–Trinajstić information content (AvgIpc) is 2.53. The van der Waals surface area contributed by atoms with Gasteiger partial charge in [-0.05, 0) is 29.3 Å². The van der Waals surface area contributed by atoms with Crippen LogP contribution >= 0.6 is 0 Å². The fraction of sp³-hybridized carbons (Fsp3) is 0.316. The Balaban J connectivity index is 2.10. The van der Waals surface area contributed by atoms with Crippen LogP contribution in [0.15, 0.2) is 48.8 Å². The van der Waals surface area contributed by atoms with Crippen molar-refractivity contribution in [2.24, 2.45) is 5.41 Å². The highest BCUT2D eigenvalue weighted by Gasteiger charge is 2.23. The smallest absolute Gasteiger partial charge is 0.251 e. The van der Waals surface area contributed by atoms with Crippen LogP contribution in [-0.4, -0.2) is 16.7 Å². The molecular formula is C19H22N2O2. The van der Waals surface area contributed by atoms with E-state index in [0.717, 1.165) is 11.1 Å². The second-order valence-electron chi connectivity index (χ2n) is 6.55. The van der Waals surface area contributed by atoms with Crippen molar-refractivity contribution in [3.8, 4) is 0 Å². The minimum Gasteiger partial charge on any atom is -0.348 e. The van der Waals surface area contributed by atoms with Gasteiger partial charge in [-0.25, -0.2) is 0 Å². The molecule has 0 saturated carbocycles. The number of carbonyl (C=O) groups is 2. The number of hydrogen-bond donors (Lipinski definition) is 1. The SMILES string of the molecule is CC(C)(C)C(=O)Cc1ccccc1C(=O)NCc1ccncc1. The number of nitrogens with one attached hydrogen (secondary N) is 1. The number of amides is 1. The Morgan fingerprint density at radius 2 is 1.70 bits per heavy atom. The lowest BCUT2D eigenvalue weighted by atomic mass is 9.86. The van der Waals surface area contributed by atoms with Gasteiger partial charge in [-0.1, -0.05) is 39.0 Å². The predicted octanol–water partition coefficient (Wildman–Crippen LogP) is 3.17. The molecule has 2 rings (SSSR count). The Bertz CT molecular complexity index is 688. The predicted molar refractivity (Wildman–Crippen MR) is 90.0 cm³/mol. The monoisotopic (exact) mass is 310 g/mol. The van der Waals surface area contributed by atoms with Crippen LogP contribution in [0.2, 0.25) is 0 Å². The van der Waals surface area contributed by atoms with E-state index in [1.54, 1.807) is 18.5 Å². The summed E-state index contributed by atoms with van der Waals surface area (Å²) >= 11 is 0. The Labute approximate surface area is 137 Å². The van der Waals surface area contributed by atoms with Crippen LogP contribution in [0.25, 0.3) is 0 Å². The van der Waals surface area contributed by atoms with Gasteiger partial charge in [-0.3, -0.25) is 14.6 Å². The van der Waals surface area contributed by atoms with Gasteiger partial charge in [0.05, 0.1) is 0 Å². The first kappa shape index (κ1) is 16.9. The van der Waals surface area contributed by atoms with E-state index in [9.17, 15) is 9.59 Å². The van der Waals surface area contributed by atoms with Gasteiger partial charge in [0.2, 0.25) is 0 Å². The molecule has 1 aromatic heterocycles. The van der Waals surface area contributed by atoms with Gasteiger partial charge in [0.1, 0.15) is 5.78 Å². The van der Waals surface area contributed by atoms with E-state index < -0.39 is 5.41 Å². The first-order chi connectivity index (χ1) is 10.9. The summed E-state index contributed by atoms with van der Waals surface area (Å²) in [5.41, 5.74) is 1.89. The third-order valence-corrected chi connectivity index (χ3v) is 3.65. The van der Waals surface area contributed by atoms with Crippen molar-refractivity contribution in [3.05, 3.63) is 65.5 Å². The third-order valence-electron chi connectivity index (χ3n) is 3.65. The molecule has 1 heterocycles.